The van der Waals surface area contributed by atoms with Crippen LogP contribution in [0.15, 0.2) is 42.5 Å². The van der Waals surface area contributed by atoms with Crippen molar-refractivity contribution >= 4 is 33.1 Å². The number of nitro groups is 2. The molecule has 27 heavy (non-hydrogen) atoms. The van der Waals surface area contributed by atoms with Gasteiger partial charge in [0.1, 0.15) is 5.69 Å². The average molecular weight is 398 g/mol. The molecule has 0 heterocycles. The number of para-hydroxylation sites is 2. The zero-order valence-electron chi connectivity index (χ0n) is 13.6. The molecule has 3 N–H and O–H groups in total. The van der Waals surface area contributed by atoms with Gasteiger partial charge in [-0.25, -0.2) is 0 Å². The highest BCUT2D eigenvalue weighted by molar-refractivity contribution is 7.81. The number of rotatable bonds is 9. The fraction of sp³-hybridized carbons (Fsp3) is 0.143. The molecule has 0 aliphatic heterocycles. The Labute approximate surface area is 153 Å². The van der Waals surface area contributed by atoms with Gasteiger partial charge >= 0.3 is 10.4 Å². The Morgan fingerprint density at radius 3 is 2.19 bits per heavy atom. The number of hydrogen-bond donors (Lipinski definition) is 3. The van der Waals surface area contributed by atoms with Crippen LogP contribution in [-0.2, 0) is 10.4 Å². The summed E-state index contributed by atoms with van der Waals surface area (Å²) in [4.78, 5) is 20.3. The highest BCUT2D eigenvalue weighted by atomic mass is 32.3. The van der Waals surface area contributed by atoms with Crippen molar-refractivity contribution in [3.63, 3.8) is 0 Å². The van der Waals surface area contributed by atoms with E-state index in [1.54, 1.807) is 6.07 Å². The maximum Gasteiger partial charge on any atom is 0.446 e. The molecule has 0 aliphatic rings. The van der Waals surface area contributed by atoms with Crippen LogP contribution in [0.4, 0.5) is 22.7 Å². The quantitative estimate of drug-likeness (QED) is 0.246. The highest BCUT2D eigenvalue weighted by Crippen LogP contribution is 2.29. The van der Waals surface area contributed by atoms with Crippen LogP contribution in [0.25, 0.3) is 0 Å². The van der Waals surface area contributed by atoms with Gasteiger partial charge in [-0.3, -0.25) is 24.8 Å². The molecule has 0 amide bonds. The van der Waals surface area contributed by atoms with Gasteiger partial charge in [0.15, 0.2) is 5.75 Å². The van der Waals surface area contributed by atoms with Crippen LogP contribution in [0, 0.1) is 20.2 Å². The Kier molecular flexibility index (Phi) is 6.10. The van der Waals surface area contributed by atoms with Gasteiger partial charge in [0.2, 0.25) is 0 Å². The van der Waals surface area contributed by atoms with E-state index in [1.807, 2.05) is 0 Å². The summed E-state index contributed by atoms with van der Waals surface area (Å²) in [6.07, 6.45) is 0. The van der Waals surface area contributed by atoms with Crippen molar-refractivity contribution in [1.82, 2.24) is 0 Å². The molecule has 0 saturated carbocycles. The van der Waals surface area contributed by atoms with Gasteiger partial charge in [0, 0.05) is 19.2 Å². The zero-order chi connectivity index (χ0) is 20.0. The number of anilines is 2. The lowest BCUT2D eigenvalue weighted by atomic mass is 10.2. The van der Waals surface area contributed by atoms with Crippen molar-refractivity contribution in [2.45, 2.75) is 0 Å². The van der Waals surface area contributed by atoms with Crippen molar-refractivity contribution in [3.05, 3.63) is 62.7 Å². The van der Waals surface area contributed by atoms with Crippen molar-refractivity contribution in [1.29, 1.82) is 0 Å². The SMILES string of the molecule is O=[N+]([O-])c1ccc(NCCNc2ccccc2OS(=O)(=O)O)c([N+](=O)[O-])c1. The predicted molar refractivity (Wildman–Crippen MR) is 95.3 cm³/mol. The predicted octanol–water partition coefficient (Wildman–Crippen LogP) is 2.21. The number of nitrogens with zero attached hydrogens (tertiary/aromatic N) is 2. The minimum atomic E-state index is -4.69. The normalized spacial score (nSPS) is 10.9. The van der Waals surface area contributed by atoms with Crippen LogP contribution in [-0.4, -0.2) is 35.9 Å². The Morgan fingerprint density at radius 2 is 1.59 bits per heavy atom. The first kappa shape index (κ1) is 19.9. The van der Waals surface area contributed by atoms with Crippen LogP contribution >= 0.6 is 0 Å². The largest absolute Gasteiger partial charge is 0.446 e. The molecule has 0 aromatic heterocycles. The van der Waals surface area contributed by atoms with E-state index in [-0.39, 0.29) is 30.2 Å². The van der Waals surface area contributed by atoms with Gasteiger partial charge < -0.3 is 14.8 Å². The maximum atomic E-state index is 11.1. The molecule has 0 atom stereocenters. The summed E-state index contributed by atoms with van der Waals surface area (Å²) in [6, 6.07) is 9.16. The second-order valence-corrected chi connectivity index (χ2v) is 6.10. The molecule has 13 heteroatoms. The molecule has 12 nitrogen and oxygen atoms in total. The summed E-state index contributed by atoms with van der Waals surface area (Å²) >= 11 is 0. The zero-order valence-corrected chi connectivity index (χ0v) is 14.4. The van der Waals surface area contributed by atoms with Crippen molar-refractivity contribution in [2.24, 2.45) is 0 Å². The topological polar surface area (TPSA) is 174 Å². The van der Waals surface area contributed by atoms with Crippen LogP contribution in [0.5, 0.6) is 5.75 Å². The highest BCUT2D eigenvalue weighted by Gasteiger charge is 2.19. The van der Waals surface area contributed by atoms with E-state index in [2.05, 4.69) is 14.8 Å². The standard InChI is InChI=1S/C14H14N4O8S/c19-17(20)10-5-6-11(13(9-10)18(21)22)15-7-8-16-12-3-1-2-4-14(12)26-27(23,24)25/h1-6,9,15-16H,7-8H2,(H,23,24,25). The van der Waals surface area contributed by atoms with Gasteiger partial charge in [0.25, 0.3) is 11.4 Å². The van der Waals surface area contributed by atoms with E-state index >= 15 is 0 Å². The lowest BCUT2D eigenvalue weighted by Crippen LogP contribution is -2.16. The van der Waals surface area contributed by atoms with Gasteiger partial charge in [-0.1, -0.05) is 12.1 Å². The minimum absolute atomic E-state index is 0.0925. The van der Waals surface area contributed by atoms with Crippen molar-refractivity contribution in [3.8, 4) is 5.75 Å². The molecule has 144 valence electrons. The fourth-order valence-corrected chi connectivity index (χ4v) is 2.50. The molecule has 0 aliphatic carbocycles. The third-order valence-corrected chi connectivity index (χ3v) is 3.62. The molecule has 2 aromatic carbocycles. The van der Waals surface area contributed by atoms with Crippen LogP contribution in [0.2, 0.25) is 0 Å². The third-order valence-electron chi connectivity index (χ3n) is 3.23. The number of hydrogen-bond acceptors (Lipinski definition) is 9. The summed E-state index contributed by atoms with van der Waals surface area (Å²) in [5.41, 5.74) is -0.481. The molecule has 0 saturated heterocycles. The lowest BCUT2D eigenvalue weighted by molar-refractivity contribution is -0.393. The number of nitrogens with one attached hydrogen (secondary N) is 2. The van der Waals surface area contributed by atoms with Crippen LogP contribution < -0.4 is 14.8 Å². The molecule has 0 fully saturated rings. The number of benzene rings is 2. The summed E-state index contributed by atoms with van der Waals surface area (Å²) < 4.78 is 34.8. The number of non-ortho nitro benzene ring substituents is 1. The average Bonchev–Trinajstić information content (AvgIpc) is 2.58. The summed E-state index contributed by atoms with van der Waals surface area (Å²) in [5, 5.41) is 27.4. The smallest absolute Gasteiger partial charge is 0.380 e. The summed E-state index contributed by atoms with van der Waals surface area (Å²) in [6.45, 7) is 0.360. The first-order valence-electron chi connectivity index (χ1n) is 7.34. The van der Waals surface area contributed by atoms with Crippen LogP contribution in [0.1, 0.15) is 0 Å². The second-order valence-electron chi connectivity index (χ2n) is 5.08. The molecule has 0 spiro atoms. The molecule has 0 radical (unpaired) electrons. The van der Waals surface area contributed by atoms with Crippen LogP contribution in [0.3, 0.4) is 0 Å². The molecule has 2 rings (SSSR count). The molecule has 2 aromatic rings. The summed E-state index contributed by atoms with van der Waals surface area (Å²) in [5.74, 6) is -0.124. The third kappa shape index (κ3) is 5.79. The molecule has 0 bridgehead atoms. The van der Waals surface area contributed by atoms with E-state index in [9.17, 15) is 28.6 Å². The van der Waals surface area contributed by atoms with E-state index < -0.39 is 31.6 Å². The lowest BCUT2D eigenvalue weighted by Gasteiger charge is -2.12. The fourth-order valence-electron chi connectivity index (χ4n) is 2.13. The molecular weight excluding hydrogens is 384 g/mol. The van der Waals surface area contributed by atoms with Gasteiger partial charge in [-0.2, -0.15) is 8.42 Å². The van der Waals surface area contributed by atoms with Crippen molar-refractivity contribution in [2.75, 3.05) is 23.7 Å². The summed E-state index contributed by atoms with van der Waals surface area (Å²) in [7, 11) is -4.69. The maximum absolute atomic E-state index is 11.1. The molecule has 0 unspecified atom stereocenters. The first-order chi connectivity index (χ1) is 12.7. The Balaban J connectivity index is 2.02. The molecular formula is C14H14N4O8S. The number of nitro benzene ring substituents is 2. The Bertz CT molecular complexity index is 963. The van der Waals surface area contributed by atoms with Crippen molar-refractivity contribution < 1.29 is 27.0 Å². The van der Waals surface area contributed by atoms with E-state index in [0.29, 0.717) is 0 Å². The van der Waals surface area contributed by atoms with E-state index in [0.717, 1.165) is 12.1 Å². The van der Waals surface area contributed by atoms with Gasteiger partial charge in [0.05, 0.1) is 21.6 Å². The van der Waals surface area contributed by atoms with E-state index in [1.165, 1.54) is 24.3 Å². The Morgan fingerprint density at radius 1 is 0.963 bits per heavy atom. The van der Waals surface area contributed by atoms with E-state index in [4.69, 9.17) is 4.55 Å². The van der Waals surface area contributed by atoms with Gasteiger partial charge in [-0.05, 0) is 18.2 Å². The monoisotopic (exact) mass is 398 g/mol. The first-order valence-corrected chi connectivity index (χ1v) is 8.70. The minimum Gasteiger partial charge on any atom is -0.380 e. The van der Waals surface area contributed by atoms with Gasteiger partial charge in [-0.15, -0.1) is 0 Å². The Hall–Kier alpha value is -3.45. The second kappa shape index (κ2) is 8.29.